The fourth-order valence-corrected chi connectivity index (χ4v) is 6.94. The molecule has 0 radical (unpaired) electrons. The molecule has 4 N–H and O–H groups in total. The molecule has 0 saturated carbocycles. The molecule has 7 rings (SSSR count). The van der Waals surface area contributed by atoms with Crippen molar-refractivity contribution in [3.63, 3.8) is 0 Å². The molecule has 7 heterocycles. The first kappa shape index (κ1) is 38.8. The number of pyridine rings is 4. The second kappa shape index (κ2) is 15.5. The highest BCUT2D eigenvalue weighted by Crippen LogP contribution is 2.31. The van der Waals surface area contributed by atoms with Crippen LogP contribution in [0.3, 0.4) is 0 Å². The Morgan fingerprint density at radius 1 is 0.833 bits per heavy atom. The number of hydrogen-bond donors (Lipinski definition) is 3. The predicted molar refractivity (Wildman–Crippen MR) is 210 cm³/mol. The van der Waals surface area contributed by atoms with Crippen molar-refractivity contribution < 1.29 is 19.1 Å². The molecule has 2 amide bonds. The lowest BCUT2D eigenvalue weighted by molar-refractivity contribution is 0.0170. The van der Waals surface area contributed by atoms with Crippen LogP contribution in [0, 0.1) is 0 Å². The number of amides is 2. The number of nitrogens with one attached hydrogen (secondary N) is 2. The number of imidazole rings is 1. The van der Waals surface area contributed by atoms with Gasteiger partial charge < -0.3 is 35.3 Å². The van der Waals surface area contributed by atoms with Crippen LogP contribution in [0.25, 0.3) is 33.1 Å². The number of nitrogens with zero attached hydrogens (tertiary/aromatic N) is 7. The minimum Gasteiger partial charge on any atom is -0.444 e. The largest absolute Gasteiger partial charge is 0.444 e. The van der Waals surface area contributed by atoms with Crippen molar-refractivity contribution in [1.29, 1.82) is 0 Å². The van der Waals surface area contributed by atoms with Crippen molar-refractivity contribution in [2.75, 3.05) is 37.2 Å². The van der Waals surface area contributed by atoms with E-state index in [2.05, 4.69) is 30.2 Å². The number of halogens is 2. The first-order valence-electron chi connectivity index (χ1n) is 17.9. The van der Waals surface area contributed by atoms with Crippen LogP contribution < -0.4 is 16.7 Å². The number of aromatic amines is 1. The molecule has 2 fully saturated rings. The SMILES string of the molecule is CC(C)(C)OC(=O)N1CCC[C@H](Nc2c(N)cnc3ccc(Cl)nc23)C1.CC(C)(C)OC(=O)N1CCC[C@H](n2c(=O)[nH]c3cnc4ccc(Cl)nc4c32)C1. The van der Waals surface area contributed by atoms with Crippen molar-refractivity contribution >= 4 is 79.9 Å². The molecule has 2 atom stereocenters. The Morgan fingerprint density at radius 3 is 2.02 bits per heavy atom. The summed E-state index contributed by atoms with van der Waals surface area (Å²) >= 11 is 12.1. The summed E-state index contributed by atoms with van der Waals surface area (Å²) in [6.45, 7) is 13.3. The number of rotatable bonds is 3. The third-order valence-corrected chi connectivity index (χ3v) is 9.32. The summed E-state index contributed by atoms with van der Waals surface area (Å²) in [5.74, 6) is 0. The van der Waals surface area contributed by atoms with Crippen molar-refractivity contribution in [2.45, 2.75) is 90.5 Å². The molecule has 0 unspecified atom stereocenters. The number of anilines is 2. The van der Waals surface area contributed by atoms with Crippen molar-refractivity contribution in [3.05, 3.63) is 57.4 Å². The maximum absolute atomic E-state index is 12.8. The first-order valence-corrected chi connectivity index (χ1v) is 18.7. The van der Waals surface area contributed by atoms with E-state index in [-0.39, 0.29) is 30.0 Å². The highest BCUT2D eigenvalue weighted by molar-refractivity contribution is 6.30. The number of H-pyrrole nitrogens is 1. The zero-order valence-electron chi connectivity index (χ0n) is 31.3. The topological polar surface area (TPSA) is 186 Å². The number of nitrogens with two attached hydrogens (primary N) is 1. The molecule has 17 heteroatoms. The lowest BCUT2D eigenvalue weighted by atomic mass is 10.1. The molecule has 54 heavy (non-hydrogen) atoms. The van der Waals surface area contributed by atoms with Crippen LogP contribution in [0.4, 0.5) is 21.0 Å². The van der Waals surface area contributed by atoms with E-state index in [9.17, 15) is 14.4 Å². The average molecular weight is 782 g/mol. The molecule has 2 aliphatic rings. The van der Waals surface area contributed by atoms with Crippen LogP contribution in [-0.2, 0) is 9.47 Å². The minimum atomic E-state index is -0.565. The Hall–Kier alpha value is -4.89. The molecule has 0 bridgehead atoms. The second-order valence-electron chi connectivity index (χ2n) is 15.5. The van der Waals surface area contributed by atoms with Gasteiger partial charge in [-0.05, 0) is 91.5 Å². The summed E-state index contributed by atoms with van der Waals surface area (Å²) < 4.78 is 12.7. The summed E-state index contributed by atoms with van der Waals surface area (Å²) in [6.07, 6.45) is 5.93. The predicted octanol–water partition coefficient (Wildman–Crippen LogP) is 7.18. The molecule has 5 aromatic heterocycles. The summed E-state index contributed by atoms with van der Waals surface area (Å²) in [4.78, 5) is 61.2. The Labute approximate surface area is 322 Å². The normalized spacial score (nSPS) is 18.0. The molecule has 0 aromatic carbocycles. The molecule has 288 valence electrons. The van der Waals surface area contributed by atoms with Gasteiger partial charge in [-0.1, -0.05) is 23.2 Å². The number of fused-ring (bicyclic) bond motifs is 4. The van der Waals surface area contributed by atoms with Gasteiger partial charge in [-0.25, -0.2) is 24.4 Å². The maximum atomic E-state index is 12.8. The second-order valence-corrected chi connectivity index (χ2v) is 16.3. The molecule has 5 aromatic rings. The molecular formula is C37H46Cl2N10O5. The molecule has 15 nitrogen and oxygen atoms in total. The van der Waals surface area contributed by atoms with Crippen molar-refractivity contribution in [2.24, 2.45) is 0 Å². The van der Waals surface area contributed by atoms with Gasteiger partial charge in [0.25, 0.3) is 0 Å². The van der Waals surface area contributed by atoms with Crippen LogP contribution >= 0.6 is 23.2 Å². The van der Waals surface area contributed by atoms with Crippen LogP contribution in [-0.4, -0.2) is 94.9 Å². The zero-order valence-corrected chi connectivity index (χ0v) is 32.8. The number of ether oxygens (including phenoxy) is 2. The van der Waals surface area contributed by atoms with Crippen molar-refractivity contribution in [1.82, 2.24) is 39.3 Å². The fraction of sp³-hybridized carbons (Fsp3) is 0.486. The quantitative estimate of drug-likeness (QED) is 0.158. The number of nitrogen functional groups attached to an aromatic ring is 1. The van der Waals surface area contributed by atoms with Gasteiger partial charge in [-0.2, -0.15) is 0 Å². The van der Waals surface area contributed by atoms with Gasteiger partial charge >= 0.3 is 17.9 Å². The van der Waals surface area contributed by atoms with Gasteiger partial charge in [-0.15, -0.1) is 0 Å². The standard InChI is InChI=1S/C19H22ClN5O3.C18H24ClN5O2/c1-19(2,3)28-18(27)24-8-4-5-11(10-24)25-16-13(22-17(25)26)9-21-12-6-7-14(20)23-15(12)16;1-18(2,3)26-17(25)24-8-4-5-11(10-24)22-15-12(20)9-21-13-6-7-14(19)23-16(13)15/h6-7,9,11H,4-5,8,10H2,1-3H3,(H,22,26);6-7,9,11H,4-5,8,10,20H2,1-3H3,(H,21,22)/t2*11-/m00/s1. The van der Waals surface area contributed by atoms with E-state index in [1.807, 2.05) is 47.6 Å². The van der Waals surface area contributed by atoms with E-state index < -0.39 is 11.2 Å². The van der Waals surface area contributed by atoms with E-state index in [1.54, 1.807) is 45.0 Å². The summed E-state index contributed by atoms with van der Waals surface area (Å²) in [6, 6.07) is 6.81. The summed E-state index contributed by atoms with van der Waals surface area (Å²) in [7, 11) is 0. The smallest absolute Gasteiger partial charge is 0.410 e. The Kier molecular flexibility index (Phi) is 11.1. The van der Waals surface area contributed by atoms with E-state index >= 15 is 0 Å². The number of hydrogen-bond acceptors (Lipinski definition) is 11. The van der Waals surface area contributed by atoms with Gasteiger partial charge in [0, 0.05) is 32.2 Å². The lowest BCUT2D eigenvalue weighted by Gasteiger charge is -2.35. The summed E-state index contributed by atoms with van der Waals surface area (Å²) in [5.41, 5.74) is 9.83. The van der Waals surface area contributed by atoms with Gasteiger partial charge in [-0.3, -0.25) is 14.5 Å². The van der Waals surface area contributed by atoms with Gasteiger partial charge in [0.05, 0.1) is 51.9 Å². The van der Waals surface area contributed by atoms with Gasteiger partial charge in [0.1, 0.15) is 32.5 Å². The Balaban J connectivity index is 0.000000185. The third-order valence-electron chi connectivity index (χ3n) is 8.90. The van der Waals surface area contributed by atoms with E-state index in [4.69, 9.17) is 38.4 Å². The monoisotopic (exact) mass is 780 g/mol. The van der Waals surface area contributed by atoms with Crippen LogP contribution in [0.1, 0.15) is 73.3 Å². The molecule has 2 aliphatic heterocycles. The highest BCUT2D eigenvalue weighted by atomic mass is 35.5. The Morgan fingerprint density at radius 2 is 1.39 bits per heavy atom. The van der Waals surface area contributed by atoms with Crippen LogP contribution in [0.15, 0.2) is 41.5 Å². The lowest BCUT2D eigenvalue weighted by Crippen LogP contribution is -2.47. The fourth-order valence-electron chi connectivity index (χ4n) is 6.65. The number of aromatic nitrogens is 6. The molecule has 0 spiro atoms. The molecule has 0 aliphatic carbocycles. The number of piperidine rings is 2. The van der Waals surface area contributed by atoms with E-state index in [0.717, 1.165) is 25.7 Å². The highest BCUT2D eigenvalue weighted by Gasteiger charge is 2.31. The summed E-state index contributed by atoms with van der Waals surface area (Å²) in [5, 5.41) is 4.15. The minimum absolute atomic E-state index is 0.0462. The average Bonchev–Trinajstić information content (AvgIpc) is 3.45. The van der Waals surface area contributed by atoms with Crippen LogP contribution in [0.2, 0.25) is 10.3 Å². The van der Waals surface area contributed by atoms with Gasteiger partial charge in [0.15, 0.2) is 0 Å². The van der Waals surface area contributed by atoms with E-state index in [0.29, 0.717) is 81.0 Å². The Bertz CT molecular complexity index is 2240. The first-order chi connectivity index (χ1) is 25.5. The molecule has 2 saturated heterocycles. The van der Waals surface area contributed by atoms with Crippen LogP contribution in [0.5, 0.6) is 0 Å². The zero-order chi connectivity index (χ0) is 38.9. The van der Waals surface area contributed by atoms with E-state index in [1.165, 1.54) is 0 Å². The number of likely N-dealkylation sites (tertiary alicyclic amines) is 2. The van der Waals surface area contributed by atoms with Gasteiger partial charge in [0.2, 0.25) is 0 Å². The number of carbonyl (C=O) groups is 2. The van der Waals surface area contributed by atoms with Crippen molar-refractivity contribution in [3.8, 4) is 0 Å². The maximum Gasteiger partial charge on any atom is 0.410 e. The number of carbonyl (C=O) groups excluding carboxylic acids is 2. The molecular weight excluding hydrogens is 735 g/mol. The third kappa shape index (κ3) is 9.07.